The summed E-state index contributed by atoms with van der Waals surface area (Å²) in [5, 5.41) is 0. The Labute approximate surface area is 81.0 Å². The molecule has 0 heteroatoms. The van der Waals surface area contributed by atoms with Gasteiger partial charge in [0.05, 0.1) is 0 Å². The predicted octanol–water partition coefficient (Wildman–Crippen LogP) is 3.58. The van der Waals surface area contributed by atoms with Gasteiger partial charge in [-0.3, -0.25) is 0 Å². The maximum atomic E-state index is 2.39. The number of hydrogen-bond donors (Lipinski definition) is 0. The van der Waals surface area contributed by atoms with Gasteiger partial charge in [-0.1, -0.05) is 50.3 Å². The second-order valence-corrected chi connectivity index (χ2v) is 4.44. The molecule has 0 aromatic carbocycles. The van der Waals surface area contributed by atoms with Crippen LogP contribution in [-0.4, -0.2) is 0 Å². The van der Waals surface area contributed by atoms with Crippen molar-refractivity contribution in [2.45, 2.75) is 20.3 Å². The van der Waals surface area contributed by atoms with Gasteiger partial charge >= 0.3 is 0 Å². The molecule has 2 rings (SSSR count). The highest BCUT2D eigenvalue weighted by atomic mass is 14.3. The van der Waals surface area contributed by atoms with Crippen LogP contribution in [0, 0.1) is 23.7 Å². The monoisotopic (exact) mass is 174 g/mol. The topological polar surface area (TPSA) is 0 Å². The van der Waals surface area contributed by atoms with Crippen molar-refractivity contribution in [2.24, 2.45) is 23.7 Å². The minimum atomic E-state index is 0.712. The van der Waals surface area contributed by atoms with Crippen molar-refractivity contribution in [3.63, 3.8) is 0 Å². The molecule has 2 aliphatic rings. The van der Waals surface area contributed by atoms with E-state index in [9.17, 15) is 0 Å². The Balaban J connectivity index is 2.28. The molecule has 13 heavy (non-hydrogen) atoms. The van der Waals surface area contributed by atoms with Crippen molar-refractivity contribution in [1.29, 1.82) is 0 Å². The molecular formula is C13H18. The molecule has 2 bridgehead atoms. The Morgan fingerprint density at radius 3 is 1.69 bits per heavy atom. The fourth-order valence-corrected chi connectivity index (χ4v) is 2.30. The molecule has 0 fully saturated rings. The molecule has 0 amide bonds. The van der Waals surface area contributed by atoms with Crippen molar-refractivity contribution in [2.75, 3.05) is 0 Å². The average Bonchev–Trinajstić information content (AvgIpc) is 2.43. The minimum absolute atomic E-state index is 0.712. The standard InChI is InChI=1S/C13H18/c1-10-7-8-11(2)13-6-4-3-5-12(10)9-13/h3-8,10-13H,9H2,1-2H3/t10-,11+,12+,13-. The summed E-state index contributed by atoms with van der Waals surface area (Å²) >= 11 is 0. The summed E-state index contributed by atoms with van der Waals surface area (Å²) in [6, 6.07) is 0. The fraction of sp³-hybridized carbons (Fsp3) is 0.538. The highest BCUT2D eigenvalue weighted by molar-refractivity contribution is 5.16. The molecule has 0 aromatic heterocycles. The van der Waals surface area contributed by atoms with Crippen LogP contribution < -0.4 is 0 Å². The molecule has 2 aliphatic carbocycles. The number of rotatable bonds is 0. The maximum Gasteiger partial charge on any atom is -0.0164 e. The zero-order valence-electron chi connectivity index (χ0n) is 8.48. The Hall–Kier alpha value is -0.780. The molecule has 0 nitrogen and oxygen atoms in total. The first-order valence-electron chi connectivity index (χ1n) is 5.30. The van der Waals surface area contributed by atoms with Crippen LogP contribution in [0.4, 0.5) is 0 Å². The van der Waals surface area contributed by atoms with Crippen molar-refractivity contribution in [3.05, 3.63) is 36.5 Å². The molecule has 0 spiro atoms. The van der Waals surface area contributed by atoms with E-state index in [1.807, 2.05) is 0 Å². The summed E-state index contributed by atoms with van der Waals surface area (Å²) in [6.07, 6.45) is 15.3. The van der Waals surface area contributed by atoms with E-state index in [0.717, 1.165) is 11.8 Å². The van der Waals surface area contributed by atoms with E-state index in [2.05, 4.69) is 50.3 Å². The van der Waals surface area contributed by atoms with E-state index in [0.29, 0.717) is 11.8 Å². The summed E-state index contributed by atoms with van der Waals surface area (Å²) in [5.74, 6) is 2.93. The largest absolute Gasteiger partial charge is 0.0848 e. The Morgan fingerprint density at radius 1 is 0.769 bits per heavy atom. The zero-order chi connectivity index (χ0) is 9.26. The number of allylic oxidation sites excluding steroid dienone is 6. The van der Waals surface area contributed by atoms with E-state index < -0.39 is 0 Å². The first-order chi connectivity index (χ1) is 6.27. The Bertz CT molecular complexity index is 231. The minimum Gasteiger partial charge on any atom is -0.0848 e. The van der Waals surface area contributed by atoms with Crippen LogP contribution in [0.3, 0.4) is 0 Å². The van der Waals surface area contributed by atoms with E-state index in [4.69, 9.17) is 0 Å². The summed E-state index contributed by atoms with van der Waals surface area (Å²) in [7, 11) is 0. The molecule has 0 N–H and O–H groups in total. The maximum absolute atomic E-state index is 2.39. The van der Waals surface area contributed by atoms with Gasteiger partial charge in [0.15, 0.2) is 0 Å². The lowest BCUT2D eigenvalue weighted by Gasteiger charge is -2.19. The predicted molar refractivity (Wildman–Crippen MR) is 57.3 cm³/mol. The molecule has 0 radical (unpaired) electrons. The van der Waals surface area contributed by atoms with Crippen molar-refractivity contribution in [3.8, 4) is 0 Å². The lowest BCUT2D eigenvalue weighted by Crippen LogP contribution is -2.11. The van der Waals surface area contributed by atoms with Crippen LogP contribution in [0.25, 0.3) is 0 Å². The van der Waals surface area contributed by atoms with Gasteiger partial charge in [0.1, 0.15) is 0 Å². The number of hydrogen-bond acceptors (Lipinski definition) is 0. The molecule has 0 saturated heterocycles. The summed E-state index contributed by atoms with van der Waals surface area (Å²) in [6.45, 7) is 4.65. The van der Waals surface area contributed by atoms with Gasteiger partial charge in [0, 0.05) is 0 Å². The normalized spacial score (nSPS) is 42.9. The van der Waals surface area contributed by atoms with Gasteiger partial charge in [-0.25, -0.2) is 0 Å². The van der Waals surface area contributed by atoms with Gasteiger partial charge < -0.3 is 0 Å². The van der Waals surface area contributed by atoms with E-state index in [1.165, 1.54) is 6.42 Å². The van der Waals surface area contributed by atoms with Crippen molar-refractivity contribution < 1.29 is 0 Å². The second-order valence-electron chi connectivity index (χ2n) is 4.44. The van der Waals surface area contributed by atoms with E-state index in [1.54, 1.807) is 0 Å². The highest BCUT2D eigenvalue weighted by Gasteiger charge is 2.24. The molecule has 0 aromatic rings. The summed E-state index contributed by atoms with van der Waals surface area (Å²) in [4.78, 5) is 0. The quantitative estimate of drug-likeness (QED) is 0.492. The van der Waals surface area contributed by atoms with Crippen LogP contribution in [-0.2, 0) is 0 Å². The van der Waals surface area contributed by atoms with Gasteiger partial charge in [0.2, 0.25) is 0 Å². The number of fused-ring (bicyclic) bond motifs is 2. The van der Waals surface area contributed by atoms with Crippen LogP contribution >= 0.6 is 0 Å². The van der Waals surface area contributed by atoms with Gasteiger partial charge in [-0.2, -0.15) is 0 Å². The molecule has 0 saturated carbocycles. The molecule has 0 aliphatic heterocycles. The third-order valence-corrected chi connectivity index (χ3v) is 3.44. The fourth-order valence-electron chi connectivity index (χ4n) is 2.30. The van der Waals surface area contributed by atoms with Crippen molar-refractivity contribution >= 4 is 0 Å². The lowest BCUT2D eigenvalue weighted by atomic mass is 9.85. The zero-order valence-corrected chi connectivity index (χ0v) is 8.48. The first kappa shape index (κ1) is 8.80. The SMILES string of the molecule is C[C@@H]1C=C[C@H](C)[C@@H]2C=CC=C[C@H]1C2. The van der Waals surface area contributed by atoms with Crippen LogP contribution in [0.15, 0.2) is 36.5 Å². The second kappa shape index (κ2) is 3.53. The molecule has 0 unspecified atom stereocenters. The van der Waals surface area contributed by atoms with Gasteiger partial charge in [-0.15, -0.1) is 0 Å². The summed E-state index contributed by atoms with van der Waals surface area (Å²) in [5.41, 5.74) is 0. The summed E-state index contributed by atoms with van der Waals surface area (Å²) < 4.78 is 0. The third kappa shape index (κ3) is 1.77. The molecule has 4 atom stereocenters. The lowest BCUT2D eigenvalue weighted by molar-refractivity contribution is 0.391. The van der Waals surface area contributed by atoms with Crippen LogP contribution in [0.5, 0.6) is 0 Å². The average molecular weight is 174 g/mol. The molecule has 0 heterocycles. The highest BCUT2D eigenvalue weighted by Crippen LogP contribution is 2.34. The van der Waals surface area contributed by atoms with Crippen LogP contribution in [0.2, 0.25) is 0 Å². The Morgan fingerprint density at radius 2 is 1.23 bits per heavy atom. The molecular weight excluding hydrogens is 156 g/mol. The van der Waals surface area contributed by atoms with Gasteiger partial charge in [-0.05, 0) is 30.1 Å². The van der Waals surface area contributed by atoms with Gasteiger partial charge in [0.25, 0.3) is 0 Å². The third-order valence-electron chi connectivity index (χ3n) is 3.44. The smallest absolute Gasteiger partial charge is 0.0164 e. The Kier molecular flexibility index (Phi) is 2.39. The molecule has 70 valence electrons. The van der Waals surface area contributed by atoms with E-state index >= 15 is 0 Å². The van der Waals surface area contributed by atoms with E-state index in [-0.39, 0.29) is 0 Å². The van der Waals surface area contributed by atoms with Crippen molar-refractivity contribution in [1.82, 2.24) is 0 Å². The van der Waals surface area contributed by atoms with Crippen LogP contribution in [0.1, 0.15) is 20.3 Å². The first-order valence-corrected chi connectivity index (χ1v) is 5.30.